The molecule has 0 unspecified atom stereocenters. The van der Waals surface area contributed by atoms with Gasteiger partial charge < -0.3 is 5.32 Å². The Morgan fingerprint density at radius 1 is 1.33 bits per heavy atom. The van der Waals surface area contributed by atoms with Gasteiger partial charge >= 0.3 is 0 Å². The first kappa shape index (κ1) is 14.7. The van der Waals surface area contributed by atoms with Crippen molar-refractivity contribution in [3.63, 3.8) is 0 Å². The van der Waals surface area contributed by atoms with Gasteiger partial charge in [-0.05, 0) is 32.9 Å². The van der Waals surface area contributed by atoms with Crippen molar-refractivity contribution >= 4 is 11.6 Å². The summed E-state index contributed by atoms with van der Waals surface area (Å²) >= 11 is 0. The molecule has 7 heteroatoms. The molecule has 0 aliphatic rings. The maximum Gasteiger partial charge on any atom is 0.272 e. The lowest BCUT2D eigenvalue weighted by atomic mass is 10.1. The number of amides is 1. The number of nitro benzene ring substituents is 1. The fraction of sp³-hybridized carbons (Fsp3) is 0.286. The molecule has 1 N–H and O–H groups in total. The number of non-ortho nitro benzene ring substituents is 1. The monoisotopic (exact) mass is 288 g/mol. The van der Waals surface area contributed by atoms with Crippen LogP contribution in [0.15, 0.2) is 36.5 Å². The SMILES string of the molecule is CC(C)(C)NC(=O)c1ccn(-c2cccc([N+](=O)[O-])c2)n1. The van der Waals surface area contributed by atoms with Crippen LogP contribution < -0.4 is 5.32 Å². The van der Waals surface area contributed by atoms with E-state index >= 15 is 0 Å². The molecule has 0 aliphatic heterocycles. The van der Waals surface area contributed by atoms with Crippen molar-refractivity contribution in [1.82, 2.24) is 15.1 Å². The fourth-order valence-corrected chi connectivity index (χ4v) is 1.74. The van der Waals surface area contributed by atoms with Crippen LogP contribution in [0, 0.1) is 10.1 Å². The summed E-state index contributed by atoms with van der Waals surface area (Å²) in [5.41, 5.74) is 0.408. The van der Waals surface area contributed by atoms with Gasteiger partial charge in [0.1, 0.15) is 0 Å². The highest BCUT2D eigenvalue weighted by atomic mass is 16.6. The highest BCUT2D eigenvalue weighted by molar-refractivity contribution is 5.92. The summed E-state index contributed by atoms with van der Waals surface area (Å²) in [4.78, 5) is 22.3. The van der Waals surface area contributed by atoms with E-state index < -0.39 is 4.92 Å². The van der Waals surface area contributed by atoms with Crippen molar-refractivity contribution in [2.24, 2.45) is 0 Å². The number of nitro groups is 1. The molecule has 1 aromatic carbocycles. The van der Waals surface area contributed by atoms with Gasteiger partial charge in [-0.15, -0.1) is 0 Å². The van der Waals surface area contributed by atoms with Crippen molar-refractivity contribution in [3.05, 3.63) is 52.3 Å². The summed E-state index contributed by atoms with van der Waals surface area (Å²) in [7, 11) is 0. The fourth-order valence-electron chi connectivity index (χ4n) is 1.74. The number of carbonyl (C=O) groups is 1. The average molecular weight is 288 g/mol. The van der Waals surface area contributed by atoms with Crippen molar-refractivity contribution in [1.29, 1.82) is 0 Å². The third kappa shape index (κ3) is 3.65. The summed E-state index contributed by atoms with van der Waals surface area (Å²) in [6, 6.07) is 7.63. The molecule has 0 fully saturated rings. The Morgan fingerprint density at radius 2 is 2.05 bits per heavy atom. The zero-order valence-electron chi connectivity index (χ0n) is 12.0. The molecule has 2 rings (SSSR count). The minimum absolute atomic E-state index is 0.0244. The van der Waals surface area contributed by atoms with Crippen LogP contribution in [0.25, 0.3) is 5.69 Å². The van der Waals surface area contributed by atoms with Gasteiger partial charge in [0.2, 0.25) is 0 Å². The van der Waals surface area contributed by atoms with E-state index in [1.165, 1.54) is 16.8 Å². The molecule has 21 heavy (non-hydrogen) atoms. The molecule has 0 aliphatic carbocycles. The third-order valence-electron chi connectivity index (χ3n) is 2.62. The maximum atomic E-state index is 12.0. The summed E-state index contributed by atoms with van der Waals surface area (Å²) in [5.74, 6) is -0.285. The average Bonchev–Trinajstić information content (AvgIpc) is 2.86. The van der Waals surface area contributed by atoms with Gasteiger partial charge in [-0.25, -0.2) is 4.68 Å². The Labute approximate surface area is 121 Å². The van der Waals surface area contributed by atoms with Crippen molar-refractivity contribution in [3.8, 4) is 5.69 Å². The van der Waals surface area contributed by atoms with Gasteiger partial charge in [0.25, 0.3) is 11.6 Å². The maximum absolute atomic E-state index is 12.0. The normalized spacial score (nSPS) is 11.2. The molecule has 0 saturated heterocycles. The molecule has 0 atom stereocenters. The Kier molecular flexibility index (Phi) is 3.75. The van der Waals surface area contributed by atoms with Gasteiger partial charge in [0, 0.05) is 23.9 Å². The Hall–Kier alpha value is -2.70. The van der Waals surface area contributed by atoms with Crippen LogP contribution >= 0.6 is 0 Å². The van der Waals surface area contributed by atoms with Crippen LogP contribution in [-0.2, 0) is 0 Å². The van der Waals surface area contributed by atoms with Gasteiger partial charge in [-0.3, -0.25) is 14.9 Å². The molecule has 1 amide bonds. The lowest BCUT2D eigenvalue weighted by molar-refractivity contribution is -0.384. The summed E-state index contributed by atoms with van der Waals surface area (Å²) in [5, 5.41) is 17.7. The number of rotatable bonds is 3. The lowest BCUT2D eigenvalue weighted by Gasteiger charge is -2.19. The summed E-state index contributed by atoms with van der Waals surface area (Å²) in [6.07, 6.45) is 1.59. The van der Waals surface area contributed by atoms with Crippen molar-refractivity contribution in [2.75, 3.05) is 0 Å². The molecule has 2 aromatic rings. The van der Waals surface area contributed by atoms with Crippen LogP contribution in [0.3, 0.4) is 0 Å². The molecule has 7 nitrogen and oxygen atoms in total. The predicted octanol–water partition coefficient (Wildman–Crippen LogP) is 2.31. The van der Waals surface area contributed by atoms with E-state index in [2.05, 4.69) is 10.4 Å². The Bertz CT molecular complexity index is 686. The number of nitrogens with one attached hydrogen (secondary N) is 1. The van der Waals surface area contributed by atoms with Gasteiger partial charge in [-0.1, -0.05) is 6.07 Å². The molecular formula is C14H16N4O3. The highest BCUT2D eigenvalue weighted by Gasteiger charge is 2.17. The second-order valence-corrected chi connectivity index (χ2v) is 5.63. The second-order valence-electron chi connectivity index (χ2n) is 5.63. The zero-order chi connectivity index (χ0) is 15.6. The largest absolute Gasteiger partial charge is 0.346 e. The van der Waals surface area contributed by atoms with Gasteiger partial charge in [0.15, 0.2) is 5.69 Å². The van der Waals surface area contributed by atoms with Crippen LogP contribution in [-0.4, -0.2) is 26.1 Å². The van der Waals surface area contributed by atoms with E-state index in [9.17, 15) is 14.9 Å². The van der Waals surface area contributed by atoms with E-state index in [0.29, 0.717) is 5.69 Å². The smallest absolute Gasteiger partial charge is 0.272 e. The number of nitrogens with zero attached hydrogens (tertiary/aromatic N) is 3. The molecule has 0 radical (unpaired) electrons. The van der Waals surface area contributed by atoms with Crippen LogP contribution in [0.4, 0.5) is 5.69 Å². The van der Waals surface area contributed by atoms with E-state index in [-0.39, 0.29) is 22.8 Å². The lowest BCUT2D eigenvalue weighted by Crippen LogP contribution is -2.40. The first-order valence-electron chi connectivity index (χ1n) is 6.39. The second kappa shape index (κ2) is 5.35. The molecule has 1 heterocycles. The Morgan fingerprint density at radius 3 is 2.67 bits per heavy atom. The molecular weight excluding hydrogens is 272 g/mol. The van der Waals surface area contributed by atoms with E-state index in [0.717, 1.165) is 0 Å². The third-order valence-corrected chi connectivity index (χ3v) is 2.62. The molecule has 1 aromatic heterocycles. The van der Waals surface area contributed by atoms with Gasteiger partial charge in [0.05, 0.1) is 10.6 Å². The highest BCUT2D eigenvalue weighted by Crippen LogP contribution is 2.16. The van der Waals surface area contributed by atoms with Crippen molar-refractivity contribution in [2.45, 2.75) is 26.3 Å². The number of aromatic nitrogens is 2. The predicted molar refractivity (Wildman–Crippen MR) is 77.4 cm³/mol. The topological polar surface area (TPSA) is 90.1 Å². The van der Waals surface area contributed by atoms with E-state index in [4.69, 9.17) is 0 Å². The van der Waals surface area contributed by atoms with Crippen LogP contribution in [0.2, 0.25) is 0 Å². The van der Waals surface area contributed by atoms with E-state index in [1.54, 1.807) is 24.4 Å². The van der Waals surface area contributed by atoms with Crippen LogP contribution in [0.1, 0.15) is 31.3 Å². The molecule has 0 spiro atoms. The number of benzene rings is 1. The number of hydrogen-bond donors (Lipinski definition) is 1. The molecule has 0 bridgehead atoms. The van der Waals surface area contributed by atoms with E-state index in [1.807, 2.05) is 20.8 Å². The number of hydrogen-bond acceptors (Lipinski definition) is 4. The number of carbonyl (C=O) groups excluding carboxylic acids is 1. The van der Waals surface area contributed by atoms with Gasteiger partial charge in [-0.2, -0.15) is 5.10 Å². The Balaban J connectivity index is 2.26. The quantitative estimate of drug-likeness (QED) is 0.693. The molecule has 0 saturated carbocycles. The van der Waals surface area contributed by atoms with Crippen LogP contribution in [0.5, 0.6) is 0 Å². The summed E-state index contributed by atoms with van der Waals surface area (Å²) in [6.45, 7) is 5.63. The van der Waals surface area contributed by atoms with Crippen molar-refractivity contribution < 1.29 is 9.72 Å². The standard InChI is InChI=1S/C14H16N4O3/c1-14(2,3)15-13(19)12-7-8-17(16-12)10-5-4-6-11(9-10)18(20)21/h4-9H,1-3H3,(H,15,19). The minimum atomic E-state index is -0.472. The summed E-state index contributed by atoms with van der Waals surface area (Å²) < 4.78 is 1.44. The first-order chi connectivity index (χ1) is 9.76. The minimum Gasteiger partial charge on any atom is -0.346 e. The zero-order valence-corrected chi connectivity index (χ0v) is 12.0. The molecule has 110 valence electrons. The first-order valence-corrected chi connectivity index (χ1v) is 6.39.